The molecular formula is C13H22N4. The number of aromatic nitrogens is 3. The Hall–Kier alpha value is -0.900. The Balaban J connectivity index is 1.86. The highest BCUT2D eigenvalue weighted by molar-refractivity contribution is 5.13. The summed E-state index contributed by atoms with van der Waals surface area (Å²) in [6.07, 6.45) is 7.01. The zero-order valence-corrected chi connectivity index (χ0v) is 10.8. The Morgan fingerprint density at radius 2 is 1.88 bits per heavy atom. The molecule has 1 heterocycles. The second-order valence-electron chi connectivity index (χ2n) is 6.03. The number of nitrogens with zero attached hydrogens (tertiary/aromatic N) is 3. The maximum Gasteiger partial charge on any atom is 0.154 e. The molecule has 0 spiro atoms. The highest BCUT2D eigenvalue weighted by atomic mass is 15.3. The molecule has 0 aromatic carbocycles. The molecule has 2 aliphatic carbocycles. The average Bonchev–Trinajstić information content (AvgIpc) is 3.07. The Morgan fingerprint density at radius 3 is 2.47 bits per heavy atom. The van der Waals surface area contributed by atoms with E-state index in [0.29, 0.717) is 5.92 Å². The van der Waals surface area contributed by atoms with Crippen molar-refractivity contribution in [1.82, 2.24) is 14.8 Å². The van der Waals surface area contributed by atoms with Crippen LogP contribution in [0.4, 0.5) is 0 Å². The van der Waals surface area contributed by atoms with E-state index in [0.717, 1.165) is 30.4 Å². The number of nitrogens with two attached hydrogens (primary N) is 1. The maximum atomic E-state index is 6.55. The summed E-state index contributed by atoms with van der Waals surface area (Å²) in [4.78, 5) is 4.72. The summed E-state index contributed by atoms with van der Waals surface area (Å²) in [6.45, 7) is 2.31. The molecule has 2 N–H and O–H groups in total. The molecule has 0 radical (unpaired) electrons. The van der Waals surface area contributed by atoms with Crippen LogP contribution in [0.25, 0.3) is 0 Å². The van der Waals surface area contributed by atoms with Crippen LogP contribution in [0.1, 0.15) is 63.0 Å². The van der Waals surface area contributed by atoms with E-state index in [-0.39, 0.29) is 5.54 Å². The van der Waals surface area contributed by atoms with Crippen LogP contribution in [0, 0.1) is 5.92 Å². The first-order valence-corrected chi connectivity index (χ1v) is 6.79. The van der Waals surface area contributed by atoms with Crippen LogP contribution in [0.15, 0.2) is 0 Å². The standard InChI is InChI=1S/C13H22N4/c1-9-5-7-13(14,8-6-9)12-15-11(10-3-4-10)16-17(12)2/h9-10H,3-8,14H2,1-2H3. The van der Waals surface area contributed by atoms with Crippen molar-refractivity contribution in [2.24, 2.45) is 18.7 Å². The molecule has 2 fully saturated rings. The van der Waals surface area contributed by atoms with Crippen LogP contribution < -0.4 is 5.73 Å². The van der Waals surface area contributed by atoms with Crippen LogP contribution in [0.3, 0.4) is 0 Å². The number of hydrogen-bond donors (Lipinski definition) is 1. The molecule has 3 rings (SSSR count). The summed E-state index contributed by atoms with van der Waals surface area (Å²) in [7, 11) is 1.99. The Labute approximate surface area is 103 Å². The van der Waals surface area contributed by atoms with Crippen molar-refractivity contribution in [2.75, 3.05) is 0 Å². The fraction of sp³-hybridized carbons (Fsp3) is 0.846. The zero-order valence-electron chi connectivity index (χ0n) is 10.8. The molecule has 0 atom stereocenters. The summed E-state index contributed by atoms with van der Waals surface area (Å²) >= 11 is 0. The highest BCUT2D eigenvalue weighted by Gasteiger charge is 2.38. The first kappa shape index (κ1) is 11.2. The van der Waals surface area contributed by atoms with E-state index in [4.69, 9.17) is 10.7 Å². The van der Waals surface area contributed by atoms with Gasteiger partial charge in [-0.3, -0.25) is 4.68 Å². The third-order valence-electron chi connectivity index (χ3n) is 4.33. The summed E-state index contributed by atoms with van der Waals surface area (Å²) in [5.41, 5.74) is 6.32. The lowest BCUT2D eigenvalue weighted by atomic mass is 9.77. The summed E-state index contributed by atoms with van der Waals surface area (Å²) in [6, 6.07) is 0. The third kappa shape index (κ3) is 1.99. The van der Waals surface area contributed by atoms with Crippen molar-refractivity contribution in [1.29, 1.82) is 0 Å². The SMILES string of the molecule is CC1CCC(N)(c2nc(C3CC3)nn2C)CC1. The topological polar surface area (TPSA) is 56.7 Å². The lowest BCUT2D eigenvalue weighted by Crippen LogP contribution is -2.42. The van der Waals surface area contributed by atoms with Gasteiger partial charge in [0.2, 0.25) is 0 Å². The molecule has 0 bridgehead atoms. The van der Waals surface area contributed by atoms with E-state index in [1.54, 1.807) is 0 Å². The summed E-state index contributed by atoms with van der Waals surface area (Å²) in [5, 5.41) is 4.54. The number of hydrogen-bond acceptors (Lipinski definition) is 3. The van der Waals surface area contributed by atoms with Gasteiger partial charge >= 0.3 is 0 Å². The van der Waals surface area contributed by atoms with Crippen molar-refractivity contribution in [3.63, 3.8) is 0 Å². The lowest BCUT2D eigenvalue weighted by molar-refractivity contribution is 0.231. The van der Waals surface area contributed by atoms with Crippen LogP contribution >= 0.6 is 0 Å². The van der Waals surface area contributed by atoms with E-state index in [1.165, 1.54) is 25.7 Å². The minimum Gasteiger partial charge on any atom is -0.319 e. The predicted molar refractivity (Wildman–Crippen MR) is 66.5 cm³/mol. The van der Waals surface area contributed by atoms with Gasteiger partial charge < -0.3 is 5.73 Å². The van der Waals surface area contributed by atoms with Gasteiger partial charge in [-0.25, -0.2) is 4.98 Å². The van der Waals surface area contributed by atoms with Crippen LogP contribution in [0.2, 0.25) is 0 Å². The second kappa shape index (κ2) is 3.80. The van der Waals surface area contributed by atoms with E-state index >= 15 is 0 Å². The normalized spacial score (nSPS) is 33.9. The lowest BCUT2D eigenvalue weighted by Gasteiger charge is -2.34. The molecular weight excluding hydrogens is 212 g/mol. The molecule has 0 amide bonds. The number of aryl methyl sites for hydroxylation is 1. The van der Waals surface area contributed by atoms with Crippen molar-refractivity contribution in [2.45, 2.75) is 56.9 Å². The minimum atomic E-state index is -0.235. The monoisotopic (exact) mass is 234 g/mol. The molecule has 2 saturated carbocycles. The Morgan fingerprint density at radius 1 is 1.24 bits per heavy atom. The van der Waals surface area contributed by atoms with E-state index in [2.05, 4.69) is 12.0 Å². The fourth-order valence-electron chi connectivity index (χ4n) is 2.85. The summed E-state index contributed by atoms with van der Waals surface area (Å²) < 4.78 is 1.92. The van der Waals surface area contributed by atoms with Gasteiger partial charge in [0.25, 0.3) is 0 Å². The Bertz CT molecular complexity index is 411. The van der Waals surface area contributed by atoms with Gasteiger partial charge in [-0.1, -0.05) is 6.92 Å². The fourth-order valence-corrected chi connectivity index (χ4v) is 2.85. The van der Waals surface area contributed by atoms with Gasteiger partial charge in [0.15, 0.2) is 5.82 Å². The van der Waals surface area contributed by atoms with Crippen molar-refractivity contribution in [3.05, 3.63) is 11.6 Å². The Kier molecular flexibility index (Phi) is 2.51. The molecule has 4 heteroatoms. The van der Waals surface area contributed by atoms with Crippen molar-refractivity contribution in [3.8, 4) is 0 Å². The molecule has 4 nitrogen and oxygen atoms in total. The van der Waals surface area contributed by atoms with Crippen LogP contribution in [0.5, 0.6) is 0 Å². The number of rotatable bonds is 2. The van der Waals surface area contributed by atoms with E-state index in [9.17, 15) is 0 Å². The molecule has 0 unspecified atom stereocenters. The molecule has 1 aromatic heterocycles. The molecule has 0 aliphatic heterocycles. The average molecular weight is 234 g/mol. The smallest absolute Gasteiger partial charge is 0.154 e. The second-order valence-corrected chi connectivity index (χ2v) is 6.03. The first-order chi connectivity index (χ1) is 8.08. The van der Waals surface area contributed by atoms with Crippen LogP contribution in [-0.2, 0) is 12.6 Å². The van der Waals surface area contributed by atoms with Crippen molar-refractivity contribution >= 4 is 0 Å². The highest BCUT2D eigenvalue weighted by Crippen LogP contribution is 2.40. The molecule has 1 aromatic rings. The van der Waals surface area contributed by atoms with Gasteiger partial charge in [0.05, 0.1) is 5.54 Å². The predicted octanol–water partition coefficient (Wildman–Crippen LogP) is 2.06. The maximum absolute atomic E-state index is 6.55. The van der Waals surface area contributed by atoms with E-state index in [1.807, 2.05) is 11.7 Å². The van der Waals surface area contributed by atoms with Gasteiger partial charge in [-0.15, -0.1) is 0 Å². The van der Waals surface area contributed by atoms with Gasteiger partial charge in [-0.2, -0.15) is 5.10 Å². The zero-order chi connectivity index (χ0) is 12.0. The largest absolute Gasteiger partial charge is 0.319 e. The minimum absolute atomic E-state index is 0.235. The van der Waals surface area contributed by atoms with Gasteiger partial charge in [-0.05, 0) is 44.4 Å². The summed E-state index contributed by atoms with van der Waals surface area (Å²) in [5.74, 6) is 3.45. The van der Waals surface area contributed by atoms with E-state index < -0.39 is 0 Å². The quantitative estimate of drug-likeness (QED) is 0.852. The molecule has 94 valence electrons. The van der Waals surface area contributed by atoms with Gasteiger partial charge in [0.1, 0.15) is 5.82 Å². The van der Waals surface area contributed by atoms with Crippen LogP contribution in [-0.4, -0.2) is 14.8 Å². The molecule has 0 saturated heterocycles. The third-order valence-corrected chi connectivity index (χ3v) is 4.33. The molecule has 2 aliphatic rings. The molecule has 17 heavy (non-hydrogen) atoms. The van der Waals surface area contributed by atoms with Crippen molar-refractivity contribution < 1.29 is 0 Å². The van der Waals surface area contributed by atoms with Gasteiger partial charge in [0, 0.05) is 13.0 Å². The first-order valence-electron chi connectivity index (χ1n) is 6.79.